The maximum Gasteiger partial charge on any atom is 0.119 e. The molecule has 0 saturated carbocycles. The summed E-state index contributed by atoms with van der Waals surface area (Å²) in [4.78, 5) is 0. The molecule has 0 unspecified atom stereocenters. The van der Waals surface area contributed by atoms with Crippen LogP contribution in [0.4, 0.5) is 0 Å². The van der Waals surface area contributed by atoms with E-state index in [9.17, 15) is 5.11 Å². The van der Waals surface area contributed by atoms with E-state index in [1.165, 1.54) is 33.4 Å². The van der Waals surface area contributed by atoms with Crippen LogP contribution >= 0.6 is 0 Å². The minimum atomic E-state index is -0.323. The van der Waals surface area contributed by atoms with E-state index in [2.05, 4.69) is 97.0 Å². The first-order valence-corrected chi connectivity index (χ1v) is 10.0. The average molecular weight is 373 g/mol. The van der Waals surface area contributed by atoms with Gasteiger partial charge in [0, 0.05) is 16.4 Å². The van der Waals surface area contributed by atoms with Crippen LogP contribution in [0.2, 0.25) is 0 Å². The molecule has 0 aromatic heterocycles. The second-order valence-corrected chi connectivity index (χ2v) is 9.03. The molecule has 0 heterocycles. The fraction of sp³-hybridized carbons (Fsp3) is 0.333. The van der Waals surface area contributed by atoms with Crippen molar-refractivity contribution in [1.29, 1.82) is 0 Å². The van der Waals surface area contributed by atoms with Crippen LogP contribution in [0.3, 0.4) is 0 Å². The minimum absolute atomic E-state index is 0.233. The SMILES string of the molecule is Cc1ccccc1C(C)(C)c1c(C)ccc(O)c1C(C)(C)c1ccccc1C. The second kappa shape index (κ2) is 7.13. The number of aryl methyl sites for hydroxylation is 3. The Morgan fingerprint density at radius 3 is 1.43 bits per heavy atom. The van der Waals surface area contributed by atoms with Gasteiger partial charge in [0.1, 0.15) is 5.75 Å². The molecular formula is C27H32O. The predicted octanol–water partition coefficient (Wildman–Crippen LogP) is 6.97. The Hall–Kier alpha value is -2.54. The van der Waals surface area contributed by atoms with E-state index in [-0.39, 0.29) is 10.8 Å². The van der Waals surface area contributed by atoms with Gasteiger partial charge in [-0.25, -0.2) is 0 Å². The summed E-state index contributed by atoms with van der Waals surface area (Å²) >= 11 is 0. The van der Waals surface area contributed by atoms with Crippen LogP contribution in [0.25, 0.3) is 0 Å². The van der Waals surface area contributed by atoms with E-state index in [1.807, 2.05) is 12.1 Å². The summed E-state index contributed by atoms with van der Waals surface area (Å²) in [5.74, 6) is 0.371. The lowest BCUT2D eigenvalue weighted by molar-refractivity contribution is 0.444. The maximum absolute atomic E-state index is 11.1. The predicted molar refractivity (Wildman–Crippen MR) is 119 cm³/mol. The van der Waals surface area contributed by atoms with Gasteiger partial charge in [0.25, 0.3) is 0 Å². The smallest absolute Gasteiger partial charge is 0.119 e. The first-order valence-electron chi connectivity index (χ1n) is 10.0. The quantitative estimate of drug-likeness (QED) is 0.524. The van der Waals surface area contributed by atoms with Crippen LogP contribution in [-0.2, 0) is 10.8 Å². The lowest BCUT2D eigenvalue weighted by atomic mass is 9.65. The maximum atomic E-state index is 11.1. The van der Waals surface area contributed by atoms with E-state index in [0.717, 1.165) is 5.56 Å². The molecule has 1 N–H and O–H groups in total. The van der Waals surface area contributed by atoms with E-state index >= 15 is 0 Å². The van der Waals surface area contributed by atoms with Crippen LogP contribution < -0.4 is 0 Å². The lowest BCUT2D eigenvalue weighted by Crippen LogP contribution is -2.30. The number of benzene rings is 3. The van der Waals surface area contributed by atoms with Crippen LogP contribution in [-0.4, -0.2) is 5.11 Å². The van der Waals surface area contributed by atoms with Crippen molar-refractivity contribution >= 4 is 0 Å². The third-order valence-electron chi connectivity index (χ3n) is 6.28. The molecule has 0 radical (unpaired) electrons. The number of rotatable bonds is 4. The van der Waals surface area contributed by atoms with Crippen LogP contribution in [0.5, 0.6) is 5.75 Å². The molecule has 0 aliphatic heterocycles. The number of hydrogen-bond acceptors (Lipinski definition) is 1. The fourth-order valence-electron chi connectivity index (χ4n) is 4.95. The van der Waals surface area contributed by atoms with E-state index in [0.29, 0.717) is 5.75 Å². The molecule has 28 heavy (non-hydrogen) atoms. The van der Waals surface area contributed by atoms with Crippen LogP contribution in [0.15, 0.2) is 60.7 Å². The second-order valence-electron chi connectivity index (χ2n) is 9.03. The molecule has 3 aromatic carbocycles. The molecule has 0 aliphatic carbocycles. The Morgan fingerprint density at radius 2 is 0.964 bits per heavy atom. The van der Waals surface area contributed by atoms with E-state index in [4.69, 9.17) is 0 Å². The summed E-state index contributed by atoms with van der Waals surface area (Å²) in [5, 5.41) is 11.1. The van der Waals surface area contributed by atoms with Crippen molar-refractivity contribution in [3.8, 4) is 5.75 Å². The number of aromatic hydroxyl groups is 1. The van der Waals surface area contributed by atoms with Gasteiger partial charge in [-0.05, 0) is 60.2 Å². The average Bonchev–Trinajstić information content (AvgIpc) is 2.63. The molecule has 0 spiro atoms. The molecule has 3 rings (SSSR count). The Kier molecular flexibility index (Phi) is 5.14. The standard InChI is InChI=1S/C27H32O/c1-18-12-8-10-14-21(18)26(4,5)24-20(3)16-17-23(28)25(24)27(6,7)22-15-11-9-13-19(22)2/h8-17,28H,1-7H3. The number of hydrogen-bond donors (Lipinski definition) is 1. The summed E-state index contributed by atoms with van der Waals surface area (Å²) in [7, 11) is 0. The third-order valence-corrected chi connectivity index (χ3v) is 6.28. The molecule has 0 atom stereocenters. The van der Waals surface area contributed by atoms with E-state index < -0.39 is 0 Å². The highest BCUT2D eigenvalue weighted by atomic mass is 16.3. The van der Waals surface area contributed by atoms with E-state index in [1.54, 1.807) is 0 Å². The minimum Gasteiger partial charge on any atom is -0.508 e. The van der Waals surface area contributed by atoms with Crippen molar-refractivity contribution in [1.82, 2.24) is 0 Å². The molecule has 1 heteroatoms. The zero-order valence-electron chi connectivity index (χ0n) is 18.2. The van der Waals surface area contributed by atoms with Crippen molar-refractivity contribution in [2.45, 2.75) is 59.3 Å². The summed E-state index contributed by atoms with van der Waals surface area (Å²) in [6.07, 6.45) is 0. The Balaban J connectivity index is 2.35. The van der Waals surface area contributed by atoms with Gasteiger partial charge in [-0.1, -0.05) is 82.3 Å². The zero-order chi connectivity index (χ0) is 20.7. The van der Waals surface area contributed by atoms with Crippen LogP contribution in [0.1, 0.15) is 66.6 Å². The van der Waals surface area contributed by atoms with Gasteiger partial charge in [-0.3, -0.25) is 0 Å². The summed E-state index contributed by atoms with van der Waals surface area (Å²) in [6.45, 7) is 15.5. The summed E-state index contributed by atoms with van der Waals surface area (Å²) in [6, 6.07) is 21.0. The highest BCUT2D eigenvalue weighted by Crippen LogP contribution is 2.47. The molecule has 0 bridgehead atoms. The molecule has 0 amide bonds. The van der Waals surface area contributed by atoms with Crippen molar-refractivity contribution in [2.75, 3.05) is 0 Å². The molecule has 0 saturated heterocycles. The highest BCUT2D eigenvalue weighted by molar-refractivity contribution is 5.59. The molecule has 146 valence electrons. The van der Waals surface area contributed by atoms with Gasteiger partial charge < -0.3 is 5.11 Å². The van der Waals surface area contributed by atoms with Gasteiger partial charge in [-0.15, -0.1) is 0 Å². The molecule has 0 aliphatic rings. The van der Waals surface area contributed by atoms with Gasteiger partial charge in [0.15, 0.2) is 0 Å². The number of phenolic OH excluding ortho intramolecular Hbond substituents is 1. The largest absolute Gasteiger partial charge is 0.508 e. The zero-order valence-corrected chi connectivity index (χ0v) is 18.2. The molecule has 1 nitrogen and oxygen atoms in total. The fourth-order valence-corrected chi connectivity index (χ4v) is 4.95. The van der Waals surface area contributed by atoms with Crippen LogP contribution in [0, 0.1) is 20.8 Å². The highest BCUT2D eigenvalue weighted by Gasteiger charge is 2.37. The molecule has 3 aromatic rings. The van der Waals surface area contributed by atoms with Gasteiger partial charge in [0.2, 0.25) is 0 Å². The lowest BCUT2D eigenvalue weighted by Gasteiger charge is -2.38. The first kappa shape index (κ1) is 20.2. The monoisotopic (exact) mass is 372 g/mol. The Bertz CT molecular complexity index is 926. The Morgan fingerprint density at radius 1 is 0.536 bits per heavy atom. The first-order chi connectivity index (χ1) is 13.1. The summed E-state index contributed by atoms with van der Waals surface area (Å²) < 4.78 is 0. The van der Waals surface area contributed by atoms with Crippen molar-refractivity contribution in [3.05, 3.63) is 99.6 Å². The third kappa shape index (κ3) is 3.24. The van der Waals surface area contributed by atoms with Crippen molar-refractivity contribution in [3.63, 3.8) is 0 Å². The normalized spacial score (nSPS) is 12.2. The Labute approximate surface area is 170 Å². The van der Waals surface area contributed by atoms with Gasteiger partial charge >= 0.3 is 0 Å². The summed E-state index contributed by atoms with van der Waals surface area (Å²) in [5.41, 5.74) is 7.96. The van der Waals surface area contributed by atoms with Crippen molar-refractivity contribution in [2.24, 2.45) is 0 Å². The number of phenols is 1. The van der Waals surface area contributed by atoms with Crippen molar-refractivity contribution < 1.29 is 5.11 Å². The molecule has 0 fully saturated rings. The topological polar surface area (TPSA) is 20.2 Å². The molecular weight excluding hydrogens is 340 g/mol. The van der Waals surface area contributed by atoms with Gasteiger partial charge in [0.05, 0.1) is 0 Å². The van der Waals surface area contributed by atoms with Gasteiger partial charge in [-0.2, -0.15) is 0 Å².